The van der Waals surface area contributed by atoms with Gasteiger partial charge in [0.15, 0.2) is 0 Å². The van der Waals surface area contributed by atoms with Crippen LogP contribution in [0, 0.1) is 6.92 Å². The van der Waals surface area contributed by atoms with Gasteiger partial charge in [0.2, 0.25) is 21.8 Å². The SMILES string of the molecule is CCNC(=O)[C@@H](Cc1ccccc1)N(Cc1ccccc1C)C(=O)CN(c1ccc(Cl)c(C(F)(F)F)c1)S(C)(=O)=O. The first-order chi connectivity index (χ1) is 19.2. The minimum absolute atomic E-state index is 0.0356. The number of nitrogens with one attached hydrogen (secondary N) is 1. The van der Waals surface area contributed by atoms with Crippen LogP contribution in [0.3, 0.4) is 0 Å². The van der Waals surface area contributed by atoms with E-state index in [4.69, 9.17) is 11.6 Å². The fraction of sp³-hybridized carbons (Fsp3) is 0.310. The summed E-state index contributed by atoms with van der Waals surface area (Å²) < 4.78 is 66.9. The van der Waals surface area contributed by atoms with Crippen molar-refractivity contribution in [3.8, 4) is 0 Å². The van der Waals surface area contributed by atoms with Crippen molar-refractivity contribution < 1.29 is 31.2 Å². The Hall–Kier alpha value is -3.57. The van der Waals surface area contributed by atoms with Gasteiger partial charge in [0, 0.05) is 19.5 Å². The number of anilines is 1. The van der Waals surface area contributed by atoms with Crippen LogP contribution in [0.4, 0.5) is 18.9 Å². The summed E-state index contributed by atoms with van der Waals surface area (Å²) in [6, 6.07) is 17.8. The Balaban J connectivity index is 2.09. The molecule has 0 aliphatic heterocycles. The summed E-state index contributed by atoms with van der Waals surface area (Å²) in [7, 11) is -4.24. The fourth-order valence-corrected chi connectivity index (χ4v) is 5.38. The molecular formula is C29H31ClF3N3O4S. The van der Waals surface area contributed by atoms with Crippen molar-refractivity contribution in [2.75, 3.05) is 23.7 Å². The number of amides is 2. The zero-order chi connectivity index (χ0) is 30.4. The molecule has 0 saturated heterocycles. The minimum atomic E-state index is -4.85. The Morgan fingerprint density at radius 1 is 1.00 bits per heavy atom. The predicted molar refractivity (Wildman–Crippen MR) is 153 cm³/mol. The van der Waals surface area contributed by atoms with E-state index in [1.54, 1.807) is 43.3 Å². The Labute approximate surface area is 243 Å². The van der Waals surface area contributed by atoms with Crippen molar-refractivity contribution in [3.05, 3.63) is 100 Å². The van der Waals surface area contributed by atoms with E-state index in [0.717, 1.165) is 35.1 Å². The normalized spacial score (nSPS) is 12.5. The molecule has 0 radical (unpaired) electrons. The molecule has 7 nitrogen and oxygen atoms in total. The van der Waals surface area contributed by atoms with Gasteiger partial charge < -0.3 is 10.2 Å². The number of halogens is 4. The molecule has 0 aliphatic carbocycles. The number of alkyl halides is 3. The predicted octanol–water partition coefficient (Wildman–Crippen LogP) is 5.21. The topological polar surface area (TPSA) is 86.8 Å². The molecule has 0 spiro atoms. The highest BCUT2D eigenvalue weighted by molar-refractivity contribution is 7.92. The quantitative estimate of drug-likeness (QED) is 0.323. The molecule has 0 heterocycles. The number of hydrogen-bond acceptors (Lipinski definition) is 4. The standard InChI is InChI=1S/C29H31ClF3N3O4S/c1-4-34-28(38)26(16-21-11-6-5-7-12-21)35(18-22-13-9-8-10-20(22)2)27(37)19-36(41(3,39)40)23-14-15-25(30)24(17-23)29(31,32)33/h5-15,17,26H,4,16,18-19H2,1-3H3,(H,34,38)/t26-/m1/s1. The molecule has 3 aromatic rings. The minimum Gasteiger partial charge on any atom is -0.355 e. The summed E-state index contributed by atoms with van der Waals surface area (Å²) in [4.78, 5) is 28.6. The number of hydrogen-bond donors (Lipinski definition) is 1. The maximum atomic E-state index is 14.0. The summed E-state index contributed by atoms with van der Waals surface area (Å²) in [6.07, 6.45) is -3.93. The van der Waals surface area contributed by atoms with Gasteiger partial charge in [-0.3, -0.25) is 13.9 Å². The highest BCUT2D eigenvalue weighted by atomic mass is 35.5. The zero-order valence-electron chi connectivity index (χ0n) is 22.8. The number of benzene rings is 3. The van der Waals surface area contributed by atoms with E-state index in [2.05, 4.69) is 5.32 Å². The fourth-order valence-electron chi connectivity index (χ4n) is 4.32. The molecular weight excluding hydrogens is 579 g/mol. The van der Waals surface area contributed by atoms with Crippen LogP contribution in [0.5, 0.6) is 0 Å². The van der Waals surface area contributed by atoms with Gasteiger partial charge in [0.1, 0.15) is 12.6 Å². The van der Waals surface area contributed by atoms with E-state index in [1.165, 1.54) is 4.90 Å². The molecule has 3 rings (SSSR count). The van der Waals surface area contributed by atoms with E-state index in [-0.39, 0.29) is 25.2 Å². The number of aryl methyl sites for hydroxylation is 1. The molecule has 3 aromatic carbocycles. The summed E-state index contributed by atoms with van der Waals surface area (Å²) in [6.45, 7) is 2.98. The van der Waals surface area contributed by atoms with E-state index in [9.17, 15) is 31.2 Å². The Morgan fingerprint density at radius 2 is 1.63 bits per heavy atom. The van der Waals surface area contributed by atoms with Crippen LogP contribution >= 0.6 is 11.6 Å². The number of nitrogens with zero attached hydrogens (tertiary/aromatic N) is 2. The maximum Gasteiger partial charge on any atom is 0.417 e. The van der Waals surface area contributed by atoms with Crippen LogP contribution in [0.25, 0.3) is 0 Å². The van der Waals surface area contributed by atoms with Gasteiger partial charge in [-0.05, 0) is 48.7 Å². The van der Waals surface area contributed by atoms with Crippen molar-refractivity contribution in [2.45, 2.75) is 39.0 Å². The van der Waals surface area contributed by atoms with Gasteiger partial charge in [-0.2, -0.15) is 13.2 Å². The summed E-state index contributed by atoms with van der Waals surface area (Å²) in [5.74, 6) is -1.22. The third-order valence-corrected chi connectivity index (χ3v) is 7.92. The molecule has 0 aromatic heterocycles. The molecule has 0 bridgehead atoms. The van der Waals surface area contributed by atoms with Gasteiger partial charge in [-0.1, -0.05) is 66.2 Å². The number of rotatable bonds is 11. The van der Waals surface area contributed by atoms with Crippen molar-refractivity contribution in [1.82, 2.24) is 10.2 Å². The van der Waals surface area contributed by atoms with Crippen LogP contribution in [-0.4, -0.2) is 50.5 Å². The van der Waals surface area contributed by atoms with E-state index in [1.807, 2.05) is 25.1 Å². The Kier molecular flexibility index (Phi) is 10.4. The van der Waals surface area contributed by atoms with Crippen LogP contribution in [0.15, 0.2) is 72.8 Å². The summed E-state index contributed by atoms with van der Waals surface area (Å²) >= 11 is 5.74. The molecule has 1 atom stereocenters. The second-order valence-corrected chi connectivity index (χ2v) is 11.8. The molecule has 0 fully saturated rings. The average molecular weight is 610 g/mol. The van der Waals surface area contributed by atoms with Crippen LogP contribution in [-0.2, 0) is 38.8 Å². The van der Waals surface area contributed by atoms with E-state index in [0.29, 0.717) is 10.4 Å². The third-order valence-electron chi connectivity index (χ3n) is 6.45. The summed E-state index contributed by atoms with van der Waals surface area (Å²) in [5, 5.41) is 2.13. The van der Waals surface area contributed by atoms with Gasteiger partial charge in [0.05, 0.1) is 22.5 Å². The zero-order valence-corrected chi connectivity index (χ0v) is 24.4. The molecule has 0 aliphatic rings. The van der Waals surface area contributed by atoms with Gasteiger partial charge in [-0.15, -0.1) is 0 Å². The number of carbonyl (C=O) groups is 2. The molecule has 0 saturated carbocycles. The number of carbonyl (C=O) groups excluding carboxylic acids is 2. The lowest BCUT2D eigenvalue weighted by molar-refractivity contribution is -0.140. The highest BCUT2D eigenvalue weighted by Gasteiger charge is 2.36. The molecule has 1 N–H and O–H groups in total. The molecule has 41 heavy (non-hydrogen) atoms. The van der Waals surface area contributed by atoms with Gasteiger partial charge in [0.25, 0.3) is 0 Å². The number of likely N-dealkylation sites (N-methyl/N-ethyl adjacent to an activating group) is 1. The lowest BCUT2D eigenvalue weighted by atomic mass is 10.0. The third kappa shape index (κ3) is 8.46. The van der Waals surface area contributed by atoms with Crippen molar-refractivity contribution in [2.24, 2.45) is 0 Å². The van der Waals surface area contributed by atoms with Gasteiger partial charge >= 0.3 is 6.18 Å². The Morgan fingerprint density at radius 3 is 2.22 bits per heavy atom. The van der Waals surface area contributed by atoms with Crippen LogP contribution in [0.1, 0.15) is 29.2 Å². The average Bonchev–Trinajstić information content (AvgIpc) is 2.90. The lowest BCUT2D eigenvalue weighted by Gasteiger charge is -2.34. The van der Waals surface area contributed by atoms with E-state index >= 15 is 0 Å². The van der Waals surface area contributed by atoms with Crippen LogP contribution in [0.2, 0.25) is 5.02 Å². The monoisotopic (exact) mass is 609 g/mol. The second kappa shape index (κ2) is 13.4. The first-order valence-electron chi connectivity index (χ1n) is 12.7. The molecule has 2 amide bonds. The highest BCUT2D eigenvalue weighted by Crippen LogP contribution is 2.37. The maximum absolute atomic E-state index is 14.0. The first kappa shape index (κ1) is 32.0. The largest absolute Gasteiger partial charge is 0.417 e. The van der Waals surface area contributed by atoms with E-state index < -0.39 is 51.2 Å². The van der Waals surface area contributed by atoms with Crippen LogP contribution < -0.4 is 9.62 Å². The molecule has 12 heteroatoms. The lowest BCUT2D eigenvalue weighted by Crippen LogP contribution is -2.53. The van der Waals surface area contributed by atoms with Crippen molar-refractivity contribution in [1.29, 1.82) is 0 Å². The second-order valence-electron chi connectivity index (χ2n) is 9.48. The Bertz CT molecular complexity index is 1480. The number of sulfonamides is 1. The summed E-state index contributed by atoms with van der Waals surface area (Å²) in [5.41, 5.74) is 0.704. The molecule has 0 unspecified atom stereocenters. The first-order valence-corrected chi connectivity index (χ1v) is 14.9. The van der Waals surface area contributed by atoms with Gasteiger partial charge in [-0.25, -0.2) is 8.42 Å². The smallest absolute Gasteiger partial charge is 0.355 e. The molecule has 220 valence electrons. The van der Waals surface area contributed by atoms with Crippen molar-refractivity contribution >= 4 is 39.1 Å². The van der Waals surface area contributed by atoms with Crippen molar-refractivity contribution in [3.63, 3.8) is 0 Å².